The fourth-order valence-corrected chi connectivity index (χ4v) is 6.51. The Hall–Kier alpha value is -2.43. The van der Waals surface area contributed by atoms with Crippen LogP contribution in [-0.4, -0.2) is 88.1 Å². The minimum absolute atomic E-state index is 0.0901. The molecule has 0 aliphatic rings. The van der Waals surface area contributed by atoms with E-state index in [1.165, 1.54) is 77.0 Å². The quantitative estimate of drug-likeness (QED) is 0.0193. The number of rotatable bonds is 44. The monoisotopic (exact) mass is 838 g/mol. The Morgan fingerprint density at radius 2 is 0.966 bits per heavy atom. The van der Waals surface area contributed by atoms with Gasteiger partial charge in [0.25, 0.3) is 0 Å². The SMILES string of the molecule is CCCCC/C=C\C/C=C\CCCCCCCC(=O)OCC(COC(=O)CCC(OCCCCCCCC)OCCCCCCCC)OC(=O)OCCCN(CC)CC. The number of hydrogen-bond donors (Lipinski definition) is 0. The van der Waals surface area contributed by atoms with Crippen molar-refractivity contribution in [3.8, 4) is 0 Å². The van der Waals surface area contributed by atoms with Gasteiger partial charge in [-0.1, -0.05) is 155 Å². The van der Waals surface area contributed by atoms with Gasteiger partial charge in [-0.05, 0) is 70.9 Å². The van der Waals surface area contributed by atoms with Crippen LogP contribution in [0.3, 0.4) is 0 Å². The van der Waals surface area contributed by atoms with E-state index >= 15 is 0 Å². The van der Waals surface area contributed by atoms with Crippen LogP contribution in [0.2, 0.25) is 0 Å². The summed E-state index contributed by atoms with van der Waals surface area (Å²) in [4.78, 5) is 40.4. The van der Waals surface area contributed by atoms with Gasteiger partial charge in [0.05, 0.1) is 13.0 Å². The van der Waals surface area contributed by atoms with E-state index < -0.39 is 24.5 Å². The van der Waals surface area contributed by atoms with Crippen molar-refractivity contribution in [2.24, 2.45) is 0 Å². The van der Waals surface area contributed by atoms with E-state index in [4.69, 9.17) is 28.4 Å². The number of ether oxygens (including phenoxy) is 6. The first-order chi connectivity index (χ1) is 28.9. The van der Waals surface area contributed by atoms with E-state index in [2.05, 4.69) is 63.8 Å². The predicted molar refractivity (Wildman–Crippen MR) is 242 cm³/mol. The molecule has 346 valence electrons. The third kappa shape index (κ3) is 40.7. The summed E-state index contributed by atoms with van der Waals surface area (Å²) in [6, 6.07) is 0. The Labute approximate surface area is 362 Å². The minimum Gasteiger partial charge on any atom is -0.462 e. The van der Waals surface area contributed by atoms with Crippen LogP contribution in [0.1, 0.15) is 208 Å². The Bertz CT molecular complexity index is 982. The third-order valence-corrected chi connectivity index (χ3v) is 10.4. The molecule has 0 bridgehead atoms. The Morgan fingerprint density at radius 1 is 0.492 bits per heavy atom. The second-order valence-electron chi connectivity index (χ2n) is 15.8. The molecule has 0 amide bonds. The van der Waals surface area contributed by atoms with Crippen molar-refractivity contribution in [3.05, 3.63) is 24.3 Å². The summed E-state index contributed by atoms with van der Waals surface area (Å²) < 4.78 is 34.0. The van der Waals surface area contributed by atoms with Crippen molar-refractivity contribution in [2.75, 3.05) is 52.7 Å². The second-order valence-corrected chi connectivity index (χ2v) is 15.8. The smallest absolute Gasteiger partial charge is 0.462 e. The molecule has 1 unspecified atom stereocenters. The zero-order valence-electron chi connectivity index (χ0n) is 38.8. The first-order valence-electron chi connectivity index (χ1n) is 24.3. The normalized spacial score (nSPS) is 12.3. The molecule has 0 N–H and O–H groups in total. The molecular formula is C49H91NO9. The lowest BCUT2D eigenvalue weighted by molar-refractivity contribution is -0.163. The van der Waals surface area contributed by atoms with Crippen LogP contribution in [0.4, 0.5) is 4.79 Å². The molecule has 0 saturated carbocycles. The summed E-state index contributed by atoms with van der Waals surface area (Å²) in [6.07, 6.45) is 34.3. The third-order valence-electron chi connectivity index (χ3n) is 10.4. The molecule has 0 aromatic carbocycles. The summed E-state index contributed by atoms with van der Waals surface area (Å²) in [7, 11) is 0. The van der Waals surface area contributed by atoms with Gasteiger partial charge in [0.2, 0.25) is 0 Å². The molecule has 10 nitrogen and oxygen atoms in total. The van der Waals surface area contributed by atoms with Crippen LogP contribution in [0.15, 0.2) is 24.3 Å². The van der Waals surface area contributed by atoms with E-state index in [1.54, 1.807) is 0 Å². The minimum atomic E-state index is -0.980. The maximum atomic E-state index is 12.9. The van der Waals surface area contributed by atoms with Crippen LogP contribution >= 0.6 is 0 Å². The first-order valence-corrected chi connectivity index (χ1v) is 24.3. The van der Waals surface area contributed by atoms with Crippen molar-refractivity contribution in [1.29, 1.82) is 0 Å². The highest BCUT2D eigenvalue weighted by molar-refractivity contribution is 5.70. The fraction of sp³-hybridized carbons (Fsp3) is 0.857. The van der Waals surface area contributed by atoms with Crippen LogP contribution in [0, 0.1) is 0 Å². The van der Waals surface area contributed by atoms with E-state index in [0.717, 1.165) is 90.3 Å². The number of esters is 2. The highest BCUT2D eigenvalue weighted by Gasteiger charge is 2.21. The van der Waals surface area contributed by atoms with Gasteiger partial charge in [-0.3, -0.25) is 9.59 Å². The van der Waals surface area contributed by atoms with E-state index in [0.29, 0.717) is 26.1 Å². The molecule has 0 spiro atoms. The lowest BCUT2D eigenvalue weighted by atomic mass is 10.1. The van der Waals surface area contributed by atoms with Crippen molar-refractivity contribution in [1.82, 2.24) is 4.90 Å². The molecule has 0 rings (SSSR count). The van der Waals surface area contributed by atoms with E-state index in [-0.39, 0.29) is 38.6 Å². The van der Waals surface area contributed by atoms with Crippen molar-refractivity contribution < 1.29 is 42.8 Å². The molecule has 0 aromatic heterocycles. The number of allylic oxidation sites excluding steroid dienone is 4. The largest absolute Gasteiger partial charge is 0.508 e. The number of unbranched alkanes of at least 4 members (excludes halogenated alkanes) is 18. The maximum Gasteiger partial charge on any atom is 0.508 e. The predicted octanol–water partition coefficient (Wildman–Crippen LogP) is 13.0. The molecule has 0 aliphatic heterocycles. The van der Waals surface area contributed by atoms with E-state index in [1.807, 2.05) is 0 Å². The molecular weight excluding hydrogens is 747 g/mol. The molecule has 0 heterocycles. The molecule has 0 aliphatic carbocycles. The summed E-state index contributed by atoms with van der Waals surface area (Å²) in [6.45, 7) is 14.4. The van der Waals surface area contributed by atoms with Crippen molar-refractivity contribution in [2.45, 2.75) is 220 Å². The summed E-state index contributed by atoms with van der Waals surface area (Å²) in [5.74, 6) is -0.824. The van der Waals surface area contributed by atoms with Gasteiger partial charge >= 0.3 is 18.1 Å². The van der Waals surface area contributed by atoms with E-state index in [9.17, 15) is 14.4 Å². The van der Waals surface area contributed by atoms with Gasteiger partial charge in [0.15, 0.2) is 12.4 Å². The summed E-state index contributed by atoms with van der Waals surface area (Å²) >= 11 is 0. The van der Waals surface area contributed by atoms with Gasteiger partial charge < -0.3 is 33.3 Å². The molecule has 10 heteroatoms. The van der Waals surface area contributed by atoms with Gasteiger partial charge in [-0.25, -0.2) is 4.79 Å². The Kier molecular flexibility index (Phi) is 43.2. The average Bonchev–Trinajstić information content (AvgIpc) is 3.24. The standard InChI is InChI=1S/C49H91NO9/c1-6-11-14-17-20-21-22-23-24-25-26-27-28-29-32-36-46(51)57-43-45(59-49(53)56-42-35-39-50(9-4)10-5)44-58-47(52)37-38-48(54-40-33-30-18-15-12-7-2)55-41-34-31-19-16-13-8-3/h20-21,23-24,45,48H,6-19,22,25-44H2,1-5H3/b21-20-,24-23-. The molecule has 0 aromatic rings. The van der Waals surface area contributed by atoms with Crippen LogP contribution in [-0.2, 0) is 38.0 Å². The van der Waals surface area contributed by atoms with Gasteiger partial charge in [-0.2, -0.15) is 0 Å². The number of carbonyl (C=O) groups excluding carboxylic acids is 3. The zero-order valence-corrected chi connectivity index (χ0v) is 38.8. The summed E-state index contributed by atoms with van der Waals surface area (Å²) in [5.41, 5.74) is 0. The Morgan fingerprint density at radius 3 is 1.53 bits per heavy atom. The number of hydrogen-bond acceptors (Lipinski definition) is 10. The molecule has 1 atom stereocenters. The van der Waals surface area contributed by atoms with Crippen LogP contribution < -0.4 is 0 Å². The fourth-order valence-electron chi connectivity index (χ4n) is 6.51. The zero-order chi connectivity index (χ0) is 43.3. The highest BCUT2D eigenvalue weighted by Crippen LogP contribution is 2.13. The molecule has 59 heavy (non-hydrogen) atoms. The van der Waals surface area contributed by atoms with Crippen molar-refractivity contribution in [3.63, 3.8) is 0 Å². The van der Waals surface area contributed by atoms with Crippen LogP contribution in [0.25, 0.3) is 0 Å². The van der Waals surface area contributed by atoms with Crippen LogP contribution in [0.5, 0.6) is 0 Å². The second kappa shape index (κ2) is 45.1. The molecule has 0 saturated heterocycles. The summed E-state index contributed by atoms with van der Waals surface area (Å²) in [5, 5.41) is 0. The van der Waals surface area contributed by atoms with Gasteiger partial charge in [-0.15, -0.1) is 0 Å². The molecule has 0 radical (unpaired) electrons. The van der Waals surface area contributed by atoms with Gasteiger partial charge in [0.1, 0.15) is 13.2 Å². The first kappa shape index (κ1) is 56.6. The van der Waals surface area contributed by atoms with Crippen molar-refractivity contribution >= 4 is 18.1 Å². The number of carbonyl (C=O) groups is 3. The lowest BCUT2D eigenvalue weighted by Crippen LogP contribution is -2.32. The maximum absolute atomic E-state index is 12.9. The Balaban J connectivity index is 4.83. The average molecular weight is 838 g/mol. The lowest BCUT2D eigenvalue weighted by Gasteiger charge is -2.20. The molecule has 0 fully saturated rings. The van der Waals surface area contributed by atoms with Gasteiger partial charge in [0, 0.05) is 32.6 Å². The number of nitrogens with zero attached hydrogens (tertiary/aromatic N) is 1. The topological polar surface area (TPSA) is 110 Å². The highest BCUT2D eigenvalue weighted by atomic mass is 16.7.